The minimum absolute atomic E-state index is 0. The summed E-state index contributed by atoms with van der Waals surface area (Å²) in [4.78, 5) is 17.8. The first-order valence-corrected chi connectivity index (χ1v) is 9.94. The van der Waals surface area contributed by atoms with Crippen molar-refractivity contribution in [1.82, 2.24) is 24.9 Å². The highest BCUT2D eigenvalue weighted by molar-refractivity contribution is 5.93. The lowest BCUT2D eigenvalue weighted by Gasteiger charge is -2.52. The molecule has 1 saturated carbocycles. The molecule has 1 aliphatic carbocycles. The highest BCUT2D eigenvalue weighted by Crippen LogP contribution is 2.37. The lowest BCUT2D eigenvalue weighted by Crippen LogP contribution is -2.63. The zero-order valence-electron chi connectivity index (χ0n) is 16.2. The highest BCUT2D eigenvalue weighted by Gasteiger charge is 2.44. The van der Waals surface area contributed by atoms with Crippen LogP contribution in [0, 0.1) is 0 Å². The summed E-state index contributed by atoms with van der Waals surface area (Å²) in [5, 5.41) is 8.10. The summed E-state index contributed by atoms with van der Waals surface area (Å²) in [6, 6.07) is 2.30. The van der Waals surface area contributed by atoms with Gasteiger partial charge >= 0.3 is 0 Å². The van der Waals surface area contributed by atoms with Gasteiger partial charge in [0.15, 0.2) is 0 Å². The molecule has 1 atom stereocenters. The molecule has 1 N–H and O–H groups in total. The van der Waals surface area contributed by atoms with E-state index >= 15 is 0 Å². The molecule has 1 amide bonds. The molecule has 1 aromatic heterocycles. The van der Waals surface area contributed by atoms with E-state index < -0.39 is 0 Å². The molecule has 0 aromatic carbocycles. The van der Waals surface area contributed by atoms with Gasteiger partial charge in [0.05, 0.1) is 11.6 Å². The maximum absolute atomic E-state index is 13.3. The fraction of sp³-hybridized carbons (Fsp3) is 0.789. The Bertz CT molecular complexity index is 611. The van der Waals surface area contributed by atoms with E-state index in [0.717, 1.165) is 52.0 Å². The van der Waals surface area contributed by atoms with Gasteiger partial charge in [0.2, 0.25) is 0 Å². The van der Waals surface area contributed by atoms with Crippen LogP contribution in [0.25, 0.3) is 0 Å². The molecule has 3 heterocycles. The molecule has 1 aromatic rings. The van der Waals surface area contributed by atoms with Crippen LogP contribution in [-0.2, 0) is 0 Å². The Morgan fingerprint density at radius 1 is 1.19 bits per heavy atom. The van der Waals surface area contributed by atoms with Crippen molar-refractivity contribution in [2.45, 2.75) is 56.5 Å². The first-order valence-electron chi connectivity index (χ1n) is 9.94. The molecule has 4 rings (SSSR count). The molecule has 1 unspecified atom stereocenters. The van der Waals surface area contributed by atoms with Crippen molar-refractivity contribution in [3.8, 4) is 0 Å². The molecule has 6 nitrogen and oxygen atoms in total. The van der Waals surface area contributed by atoms with Crippen LogP contribution in [0.2, 0.25) is 0 Å². The predicted octanol–water partition coefficient (Wildman–Crippen LogP) is 2.74. The van der Waals surface area contributed by atoms with Gasteiger partial charge in [-0.05, 0) is 45.3 Å². The monoisotopic (exact) mass is 417 g/mol. The van der Waals surface area contributed by atoms with Crippen molar-refractivity contribution in [2.75, 3.05) is 39.8 Å². The summed E-state index contributed by atoms with van der Waals surface area (Å²) in [7, 11) is 2.18. The molecular weight excluding hydrogens is 385 g/mol. The fourth-order valence-corrected chi connectivity index (χ4v) is 4.98. The molecule has 3 fully saturated rings. The van der Waals surface area contributed by atoms with Gasteiger partial charge in [-0.1, -0.05) is 19.3 Å². The molecular formula is C19H33Cl2N5O. The second-order valence-corrected chi connectivity index (χ2v) is 8.16. The lowest BCUT2D eigenvalue weighted by molar-refractivity contribution is -0.00824. The van der Waals surface area contributed by atoms with Gasteiger partial charge in [-0.15, -0.1) is 24.8 Å². The molecule has 8 heteroatoms. The minimum Gasteiger partial charge on any atom is -0.329 e. The summed E-state index contributed by atoms with van der Waals surface area (Å²) in [6.45, 7) is 4.83. The number of nitrogens with zero attached hydrogens (tertiary/aromatic N) is 4. The largest absolute Gasteiger partial charge is 0.329 e. The number of rotatable bonds is 2. The third-order valence-corrected chi connectivity index (χ3v) is 6.34. The number of halogens is 2. The molecule has 1 spiro atoms. The first-order chi connectivity index (χ1) is 12.2. The van der Waals surface area contributed by atoms with E-state index in [-0.39, 0.29) is 36.3 Å². The van der Waals surface area contributed by atoms with Gasteiger partial charge in [-0.25, -0.2) is 0 Å². The summed E-state index contributed by atoms with van der Waals surface area (Å²) >= 11 is 0. The van der Waals surface area contributed by atoms with Crippen molar-refractivity contribution >= 4 is 30.7 Å². The number of hydrogen-bond donors (Lipinski definition) is 1. The van der Waals surface area contributed by atoms with Crippen molar-refractivity contribution in [3.63, 3.8) is 0 Å². The van der Waals surface area contributed by atoms with Gasteiger partial charge in [0, 0.05) is 32.4 Å². The number of nitrogens with one attached hydrogen (secondary N) is 1. The molecule has 0 bridgehead atoms. The van der Waals surface area contributed by atoms with Gasteiger partial charge in [0.1, 0.15) is 5.69 Å². The van der Waals surface area contributed by atoms with E-state index in [9.17, 15) is 4.79 Å². The fourth-order valence-electron chi connectivity index (χ4n) is 4.98. The highest BCUT2D eigenvalue weighted by atomic mass is 35.5. The summed E-state index contributed by atoms with van der Waals surface area (Å²) in [5.41, 5.74) is 0.651. The minimum atomic E-state index is 0. The Morgan fingerprint density at radius 2 is 1.96 bits per heavy atom. The standard InChI is InChI=1S/C19H31N5O.2ClH/c1-22-12-13-23(19(15-22)8-3-2-4-9-19)18(25)17-7-11-24(21-17)16-6-5-10-20-14-16;;/h7,11,16,20H,2-6,8-10,12-15H2,1H3;2*1H. The SMILES string of the molecule is CN1CCN(C(=O)c2ccn(C3CCCNC3)n2)C2(CCCCC2)C1.Cl.Cl. The summed E-state index contributed by atoms with van der Waals surface area (Å²) < 4.78 is 2.00. The van der Waals surface area contributed by atoms with Gasteiger partial charge in [-0.3, -0.25) is 9.48 Å². The normalized spacial score (nSPS) is 25.5. The van der Waals surface area contributed by atoms with Crippen LogP contribution in [0.1, 0.15) is 61.5 Å². The van der Waals surface area contributed by atoms with Crippen LogP contribution in [-0.4, -0.2) is 70.8 Å². The number of carbonyl (C=O) groups is 1. The third-order valence-electron chi connectivity index (χ3n) is 6.34. The van der Waals surface area contributed by atoms with Crippen LogP contribution >= 0.6 is 24.8 Å². The van der Waals surface area contributed by atoms with E-state index in [1.807, 2.05) is 16.9 Å². The number of piperazine rings is 1. The van der Waals surface area contributed by atoms with E-state index in [4.69, 9.17) is 0 Å². The second kappa shape index (κ2) is 9.59. The maximum Gasteiger partial charge on any atom is 0.274 e. The number of aromatic nitrogens is 2. The number of amides is 1. The second-order valence-electron chi connectivity index (χ2n) is 8.16. The van der Waals surface area contributed by atoms with Crippen molar-refractivity contribution in [1.29, 1.82) is 0 Å². The molecule has 154 valence electrons. The topological polar surface area (TPSA) is 53.4 Å². The average molecular weight is 418 g/mol. The zero-order chi connectivity index (χ0) is 17.3. The molecule has 3 aliphatic rings. The Balaban J connectivity index is 0.00000131. The van der Waals surface area contributed by atoms with Gasteiger partial charge < -0.3 is 15.1 Å². The number of carbonyl (C=O) groups excluding carboxylic acids is 1. The third kappa shape index (κ3) is 4.61. The zero-order valence-corrected chi connectivity index (χ0v) is 17.9. The maximum atomic E-state index is 13.3. The van der Waals surface area contributed by atoms with E-state index in [1.165, 1.54) is 25.7 Å². The van der Waals surface area contributed by atoms with Crippen molar-refractivity contribution < 1.29 is 4.79 Å². The smallest absolute Gasteiger partial charge is 0.274 e. The molecule has 27 heavy (non-hydrogen) atoms. The number of hydrogen-bond acceptors (Lipinski definition) is 4. The number of piperidine rings is 1. The van der Waals surface area contributed by atoms with Crippen LogP contribution in [0.3, 0.4) is 0 Å². The van der Waals surface area contributed by atoms with Crippen LogP contribution in [0.15, 0.2) is 12.3 Å². The predicted molar refractivity (Wildman–Crippen MR) is 112 cm³/mol. The summed E-state index contributed by atoms with van der Waals surface area (Å²) in [6.07, 6.45) is 10.4. The summed E-state index contributed by atoms with van der Waals surface area (Å²) in [5.74, 6) is 0.137. The molecule has 0 radical (unpaired) electrons. The Morgan fingerprint density at radius 3 is 2.67 bits per heavy atom. The van der Waals surface area contributed by atoms with Crippen molar-refractivity contribution in [2.24, 2.45) is 0 Å². The number of likely N-dealkylation sites (N-methyl/N-ethyl adjacent to an activating group) is 1. The average Bonchev–Trinajstić information content (AvgIpc) is 3.13. The molecule has 2 aliphatic heterocycles. The van der Waals surface area contributed by atoms with E-state index in [1.54, 1.807) is 0 Å². The van der Waals surface area contributed by atoms with E-state index in [2.05, 4.69) is 27.3 Å². The van der Waals surface area contributed by atoms with Crippen LogP contribution in [0.5, 0.6) is 0 Å². The first kappa shape index (κ1) is 22.5. The van der Waals surface area contributed by atoms with Crippen LogP contribution in [0.4, 0.5) is 0 Å². The van der Waals surface area contributed by atoms with E-state index in [0.29, 0.717) is 11.7 Å². The lowest BCUT2D eigenvalue weighted by atomic mass is 9.78. The Hall–Kier alpha value is -0.820. The Kier molecular flexibility index (Phi) is 7.98. The van der Waals surface area contributed by atoms with Crippen molar-refractivity contribution in [3.05, 3.63) is 18.0 Å². The quantitative estimate of drug-likeness (QED) is 0.803. The van der Waals surface area contributed by atoms with Gasteiger partial charge in [0.25, 0.3) is 5.91 Å². The van der Waals surface area contributed by atoms with Gasteiger partial charge in [-0.2, -0.15) is 5.10 Å². The Labute approximate surface area is 174 Å². The molecule has 2 saturated heterocycles. The van der Waals surface area contributed by atoms with Crippen LogP contribution < -0.4 is 5.32 Å².